The molecule has 120 valence electrons. The number of halogens is 1. The van der Waals surface area contributed by atoms with E-state index in [1.165, 1.54) is 12.8 Å². The maximum atomic E-state index is 12.4. The number of carbonyl (C=O) groups is 1. The van der Waals surface area contributed by atoms with E-state index in [1.54, 1.807) is 13.2 Å². The number of amides is 1. The molecule has 0 spiro atoms. The molecule has 0 aromatic heterocycles. The van der Waals surface area contributed by atoms with Crippen molar-refractivity contribution in [1.29, 1.82) is 0 Å². The van der Waals surface area contributed by atoms with Gasteiger partial charge in [-0.15, -0.1) is 0 Å². The van der Waals surface area contributed by atoms with Crippen LogP contribution in [0.25, 0.3) is 0 Å². The normalized spacial score (nSPS) is 26.8. The number of hydrogen-bond acceptors (Lipinski definition) is 3. The van der Waals surface area contributed by atoms with Crippen LogP contribution in [0.2, 0.25) is 5.02 Å². The first kappa shape index (κ1) is 15.6. The zero-order valence-electron chi connectivity index (χ0n) is 13.1. The lowest BCUT2D eigenvalue weighted by Crippen LogP contribution is -2.39. The average Bonchev–Trinajstić information content (AvgIpc) is 2.81. The van der Waals surface area contributed by atoms with Crippen molar-refractivity contribution in [2.45, 2.75) is 51.1 Å². The lowest BCUT2D eigenvalue weighted by molar-refractivity contribution is -0.117. The molecule has 1 aromatic carbocycles. The fraction of sp³-hybridized carbons (Fsp3) is 0.588. The van der Waals surface area contributed by atoms with Crippen molar-refractivity contribution in [1.82, 2.24) is 5.32 Å². The minimum absolute atomic E-state index is 0.0614. The number of ether oxygens (including phenoxy) is 1. The number of piperidine rings is 1. The Labute approximate surface area is 136 Å². The number of aryl methyl sites for hydroxylation is 1. The molecule has 0 radical (unpaired) electrons. The van der Waals surface area contributed by atoms with E-state index in [0.717, 1.165) is 18.4 Å². The Hall–Kier alpha value is -1.26. The first-order valence-electron chi connectivity index (χ1n) is 7.95. The Morgan fingerprint density at radius 1 is 1.36 bits per heavy atom. The standard InChI is InChI=1S/C17H23ClN2O2/c1-10-5-15(16(22-2)9-14(10)18)20-17(21)8-11-6-12-3-4-13(7-11)19-12/h5,9,11-13,19H,3-4,6-8H2,1-2H3,(H,20,21). The summed E-state index contributed by atoms with van der Waals surface area (Å²) < 4.78 is 5.31. The van der Waals surface area contributed by atoms with Crippen molar-refractivity contribution in [3.05, 3.63) is 22.7 Å². The molecule has 2 aliphatic heterocycles. The largest absolute Gasteiger partial charge is 0.495 e. The molecule has 3 rings (SSSR count). The third kappa shape index (κ3) is 3.39. The summed E-state index contributed by atoms with van der Waals surface area (Å²) in [6.07, 6.45) is 5.32. The summed E-state index contributed by atoms with van der Waals surface area (Å²) in [7, 11) is 1.58. The summed E-state index contributed by atoms with van der Waals surface area (Å²) in [5.41, 5.74) is 1.63. The lowest BCUT2D eigenvalue weighted by atomic mass is 9.89. The van der Waals surface area contributed by atoms with E-state index < -0.39 is 0 Å². The van der Waals surface area contributed by atoms with Gasteiger partial charge >= 0.3 is 0 Å². The molecular weight excluding hydrogens is 300 g/mol. The van der Waals surface area contributed by atoms with Crippen molar-refractivity contribution >= 4 is 23.2 Å². The summed E-state index contributed by atoms with van der Waals surface area (Å²) in [5, 5.41) is 7.24. The first-order valence-corrected chi connectivity index (χ1v) is 8.33. The van der Waals surface area contributed by atoms with Crippen LogP contribution in [-0.4, -0.2) is 25.1 Å². The molecule has 0 aliphatic carbocycles. The molecule has 2 bridgehead atoms. The molecule has 22 heavy (non-hydrogen) atoms. The summed E-state index contributed by atoms with van der Waals surface area (Å²) >= 11 is 6.10. The predicted octanol–water partition coefficient (Wildman–Crippen LogP) is 3.52. The van der Waals surface area contributed by atoms with Crippen LogP contribution < -0.4 is 15.4 Å². The highest BCUT2D eigenvalue weighted by atomic mass is 35.5. The fourth-order valence-corrected chi connectivity index (χ4v) is 3.89. The second kappa shape index (κ2) is 6.47. The molecule has 2 N–H and O–H groups in total. The van der Waals surface area contributed by atoms with Gasteiger partial charge in [0.2, 0.25) is 5.91 Å². The van der Waals surface area contributed by atoms with Crippen molar-refractivity contribution in [3.8, 4) is 5.75 Å². The van der Waals surface area contributed by atoms with E-state index in [2.05, 4.69) is 10.6 Å². The van der Waals surface area contributed by atoms with Crippen molar-refractivity contribution in [3.63, 3.8) is 0 Å². The Kier molecular flexibility index (Phi) is 4.59. The summed E-state index contributed by atoms with van der Waals surface area (Å²) in [5.74, 6) is 1.15. The molecule has 2 unspecified atom stereocenters. The molecular formula is C17H23ClN2O2. The molecule has 2 aliphatic rings. The van der Waals surface area contributed by atoms with E-state index >= 15 is 0 Å². The Morgan fingerprint density at radius 2 is 2.05 bits per heavy atom. The first-order chi connectivity index (χ1) is 10.5. The maximum absolute atomic E-state index is 12.4. The monoisotopic (exact) mass is 322 g/mol. The highest BCUT2D eigenvalue weighted by Gasteiger charge is 2.34. The highest BCUT2D eigenvalue weighted by Crippen LogP contribution is 2.34. The van der Waals surface area contributed by atoms with E-state index in [4.69, 9.17) is 16.3 Å². The van der Waals surface area contributed by atoms with Gasteiger partial charge in [0.05, 0.1) is 12.8 Å². The van der Waals surface area contributed by atoms with Crippen LogP contribution in [0.15, 0.2) is 12.1 Å². The number of nitrogens with one attached hydrogen (secondary N) is 2. The number of benzene rings is 1. The van der Waals surface area contributed by atoms with Gasteiger partial charge in [0, 0.05) is 29.6 Å². The molecule has 5 heteroatoms. The minimum atomic E-state index is 0.0614. The van der Waals surface area contributed by atoms with Crippen LogP contribution >= 0.6 is 11.6 Å². The molecule has 2 fully saturated rings. The second-order valence-corrected chi connectivity index (χ2v) is 6.94. The van der Waals surface area contributed by atoms with Gasteiger partial charge in [-0.05, 0) is 50.2 Å². The van der Waals surface area contributed by atoms with Gasteiger partial charge < -0.3 is 15.4 Å². The molecule has 4 nitrogen and oxygen atoms in total. The highest BCUT2D eigenvalue weighted by molar-refractivity contribution is 6.31. The number of hydrogen-bond donors (Lipinski definition) is 2. The summed E-state index contributed by atoms with van der Waals surface area (Å²) in [6.45, 7) is 1.92. The zero-order valence-corrected chi connectivity index (χ0v) is 13.9. The number of methoxy groups -OCH3 is 1. The third-order valence-electron chi connectivity index (χ3n) is 4.80. The molecule has 0 saturated carbocycles. The SMILES string of the molecule is COc1cc(Cl)c(C)cc1NC(=O)CC1CC2CCC(C1)N2. The van der Waals surface area contributed by atoms with Gasteiger partial charge in [-0.1, -0.05) is 11.6 Å². The van der Waals surface area contributed by atoms with Crippen LogP contribution in [0.3, 0.4) is 0 Å². The quantitative estimate of drug-likeness (QED) is 0.891. The summed E-state index contributed by atoms with van der Waals surface area (Å²) in [6, 6.07) is 4.84. The third-order valence-corrected chi connectivity index (χ3v) is 5.21. The molecule has 2 saturated heterocycles. The fourth-order valence-electron chi connectivity index (χ4n) is 3.74. The average molecular weight is 323 g/mol. The van der Waals surface area contributed by atoms with Gasteiger partial charge in [-0.25, -0.2) is 0 Å². The van der Waals surface area contributed by atoms with Gasteiger partial charge in [0.1, 0.15) is 5.75 Å². The van der Waals surface area contributed by atoms with Crippen LogP contribution in [0.4, 0.5) is 5.69 Å². The van der Waals surface area contributed by atoms with E-state index in [-0.39, 0.29) is 5.91 Å². The molecule has 1 amide bonds. The molecule has 1 aromatic rings. The van der Waals surface area contributed by atoms with Crippen molar-refractivity contribution < 1.29 is 9.53 Å². The lowest BCUT2D eigenvalue weighted by Gasteiger charge is -2.28. The number of anilines is 1. The number of fused-ring (bicyclic) bond motifs is 2. The Morgan fingerprint density at radius 3 is 2.68 bits per heavy atom. The molecule has 2 heterocycles. The predicted molar refractivity (Wildman–Crippen MR) is 88.7 cm³/mol. The van der Waals surface area contributed by atoms with Crippen LogP contribution in [0.5, 0.6) is 5.75 Å². The van der Waals surface area contributed by atoms with Crippen molar-refractivity contribution in [2.75, 3.05) is 12.4 Å². The Bertz CT molecular complexity index is 564. The van der Waals surface area contributed by atoms with Gasteiger partial charge in [0.25, 0.3) is 0 Å². The number of rotatable bonds is 4. The number of carbonyl (C=O) groups excluding carboxylic acids is 1. The van der Waals surface area contributed by atoms with Crippen LogP contribution in [-0.2, 0) is 4.79 Å². The molecule has 2 atom stereocenters. The second-order valence-electron chi connectivity index (χ2n) is 6.53. The van der Waals surface area contributed by atoms with E-state index in [9.17, 15) is 4.79 Å². The van der Waals surface area contributed by atoms with Gasteiger partial charge in [0.15, 0.2) is 0 Å². The zero-order chi connectivity index (χ0) is 15.7. The minimum Gasteiger partial charge on any atom is -0.495 e. The van der Waals surface area contributed by atoms with Crippen molar-refractivity contribution in [2.24, 2.45) is 5.92 Å². The maximum Gasteiger partial charge on any atom is 0.224 e. The Balaban J connectivity index is 1.63. The van der Waals surface area contributed by atoms with Crippen LogP contribution in [0, 0.1) is 12.8 Å². The van der Waals surface area contributed by atoms with Gasteiger partial charge in [-0.3, -0.25) is 4.79 Å². The topological polar surface area (TPSA) is 50.4 Å². The van der Waals surface area contributed by atoms with Gasteiger partial charge in [-0.2, -0.15) is 0 Å². The van der Waals surface area contributed by atoms with E-state index in [1.807, 2.05) is 13.0 Å². The van der Waals surface area contributed by atoms with Crippen LogP contribution in [0.1, 0.15) is 37.7 Å². The smallest absolute Gasteiger partial charge is 0.224 e. The van der Waals surface area contributed by atoms with E-state index in [0.29, 0.717) is 40.9 Å². The summed E-state index contributed by atoms with van der Waals surface area (Å²) in [4.78, 5) is 12.4.